The maximum Gasteiger partial charge on any atom is 0.0659 e. The molecule has 0 bridgehead atoms. The molecule has 2 nitrogen and oxygen atoms in total. The number of allylic oxidation sites excluding steroid dienone is 4. The van der Waals surface area contributed by atoms with Crippen molar-refractivity contribution in [2.75, 3.05) is 0 Å². The quantitative estimate of drug-likeness (QED) is 0.572. The molecule has 2 aliphatic carbocycles. The molecule has 2 heteroatoms. The average Bonchev–Trinajstić information content (AvgIpc) is 2.62. The van der Waals surface area contributed by atoms with Gasteiger partial charge in [-0.3, -0.25) is 5.10 Å². The average molecular weight is 156 g/mol. The lowest BCUT2D eigenvalue weighted by atomic mass is 10.0. The van der Waals surface area contributed by atoms with Gasteiger partial charge in [-0.1, -0.05) is 18.2 Å². The van der Waals surface area contributed by atoms with E-state index in [4.69, 9.17) is 0 Å². The molecule has 0 amide bonds. The van der Waals surface area contributed by atoms with E-state index in [-0.39, 0.29) is 0 Å². The topological polar surface area (TPSA) is 28.7 Å². The second-order valence-corrected chi connectivity index (χ2v) is 3.07. The summed E-state index contributed by atoms with van der Waals surface area (Å²) < 4.78 is 0. The number of H-pyrrole nitrogens is 1. The molecule has 1 aromatic rings. The summed E-state index contributed by atoms with van der Waals surface area (Å²) in [5.41, 5.74) is 2.74. The van der Waals surface area contributed by atoms with Crippen molar-refractivity contribution < 1.29 is 0 Å². The van der Waals surface area contributed by atoms with Crippen molar-refractivity contribution >= 4 is 11.6 Å². The third kappa shape index (κ3) is 0.619. The predicted octanol–water partition coefficient (Wildman–Crippen LogP) is 0.241. The lowest BCUT2D eigenvalue weighted by Crippen LogP contribution is -2.19. The summed E-state index contributed by atoms with van der Waals surface area (Å²) in [6.07, 6.45) is 11.5. The number of nitrogens with one attached hydrogen (secondary N) is 1. The fourth-order valence-corrected chi connectivity index (χ4v) is 1.78. The van der Waals surface area contributed by atoms with E-state index in [0.717, 1.165) is 11.8 Å². The third-order valence-corrected chi connectivity index (χ3v) is 2.38. The smallest absolute Gasteiger partial charge is 0.0659 e. The molecule has 0 spiro atoms. The largest absolute Gasteiger partial charge is 0.278 e. The van der Waals surface area contributed by atoms with Crippen LogP contribution in [0.25, 0.3) is 11.6 Å². The minimum Gasteiger partial charge on any atom is -0.278 e. The van der Waals surface area contributed by atoms with Gasteiger partial charge in [-0.05, 0) is 23.6 Å². The van der Waals surface area contributed by atoms with Crippen molar-refractivity contribution in [2.45, 2.75) is 6.42 Å². The molecule has 0 aromatic carbocycles. The van der Waals surface area contributed by atoms with Crippen LogP contribution < -0.4 is 10.6 Å². The highest BCUT2D eigenvalue weighted by atomic mass is 15.1. The van der Waals surface area contributed by atoms with Crippen LogP contribution in [0.3, 0.4) is 0 Å². The summed E-state index contributed by atoms with van der Waals surface area (Å²) in [5, 5.41) is 9.41. The first-order chi connectivity index (χ1) is 5.95. The van der Waals surface area contributed by atoms with E-state index in [9.17, 15) is 0 Å². The molecule has 1 N–H and O–H groups in total. The second kappa shape index (κ2) is 1.97. The summed E-state index contributed by atoms with van der Waals surface area (Å²) in [4.78, 5) is 0. The van der Waals surface area contributed by atoms with E-state index < -0.39 is 0 Å². The number of hydrogen-bond donors (Lipinski definition) is 1. The first-order valence-electron chi connectivity index (χ1n) is 4.06. The zero-order chi connectivity index (χ0) is 7.97. The Hall–Kier alpha value is -1.57. The number of aromatic amines is 1. The fourth-order valence-electron chi connectivity index (χ4n) is 1.78. The van der Waals surface area contributed by atoms with Crippen LogP contribution in [0.2, 0.25) is 0 Å². The van der Waals surface area contributed by atoms with Crippen LogP contribution in [0.1, 0.15) is 6.42 Å². The molecule has 0 saturated heterocycles. The molecular formula is C10H8N2. The number of nitrogens with zero attached hydrogens (tertiary/aromatic N) is 1. The minimum absolute atomic E-state index is 1.04. The van der Waals surface area contributed by atoms with E-state index in [1.807, 2.05) is 6.20 Å². The summed E-state index contributed by atoms with van der Waals surface area (Å²) >= 11 is 0. The van der Waals surface area contributed by atoms with E-state index in [1.54, 1.807) is 0 Å². The zero-order valence-corrected chi connectivity index (χ0v) is 6.54. The molecule has 0 aliphatic heterocycles. The van der Waals surface area contributed by atoms with Crippen molar-refractivity contribution in [1.29, 1.82) is 0 Å². The van der Waals surface area contributed by atoms with Gasteiger partial charge in [0.15, 0.2) is 0 Å². The maximum absolute atomic E-state index is 4.01. The Labute approximate surface area is 69.6 Å². The van der Waals surface area contributed by atoms with Gasteiger partial charge in [0.2, 0.25) is 0 Å². The van der Waals surface area contributed by atoms with Crippen LogP contribution in [0.4, 0.5) is 0 Å². The fraction of sp³-hybridized carbons (Fsp3) is 0.100. The van der Waals surface area contributed by atoms with E-state index in [2.05, 4.69) is 34.5 Å². The van der Waals surface area contributed by atoms with Crippen molar-refractivity contribution in [3.8, 4) is 0 Å². The van der Waals surface area contributed by atoms with E-state index in [1.165, 1.54) is 16.4 Å². The molecule has 0 fully saturated rings. The van der Waals surface area contributed by atoms with Crippen LogP contribution in [-0.2, 0) is 0 Å². The lowest BCUT2D eigenvalue weighted by molar-refractivity contribution is 1.06. The predicted molar refractivity (Wildman–Crippen MR) is 47.6 cm³/mol. The van der Waals surface area contributed by atoms with E-state index >= 15 is 0 Å². The van der Waals surface area contributed by atoms with Crippen LogP contribution in [-0.4, -0.2) is 10.2 Å². The molecule has 1 heterocycles. The Bertz CT molecular complexity index is 500. The molecule has 12 heavy (non-hydrogen) atoms. The standard InChI is InChI=1S/C10H8N2/c1-2-4-8-7(3-1)5-10-9(8)6-11-12-10/h1-3,5-6,12H,4H2. The minimum atomic E-state index is 1.04. The van der Waals surface area contributed by atoms with Gasteiger partial charge in [0.25, 0.3) is 0 Å². The zero-order valence-electron chi connectivity index (χ0n) is 6.54. The van der Waals surface area contributed by atoms with Crippen molar-refractivity contribution in [1.82, 2.24) is 10.2 Å². The third-order valence-electron chi connectivity index (χ3n) is 2.38. The molecular weight excluding hydrogens is 148 g/mol. The Balaban J connectivity index is 2.47. The first kappa shape index (κ1) is 6.00. The van der Waals surface area contributed by atoms with Crippen molar-refractivity contribution in [3.05, 3.63) is 40.6 Å². The van der Waals surface area contributed by atoms with Gasteiger partial charge in [-0.2, -0.15) is 5.10 Å². The van der Waals surface area contributed by atoms with E-state index in [0.29, 0.717) is 0 Å². The Morgan fingerprint density at radius 1 is 1.42 bits per heavy atom. The Morgan fingerprint density at radius 3 is 3.42 bits per heavy atom. The molecule has 0 saturated carbocycles. The summed E-state index contributed by atoms with van der Waals surface area (Å²) in [6.45, 7) is 0. The SMILES string of the molecule is C1=CCC2=c3cn[nH]c3=CC2=C1. The Kier molecular flexibility index (Phi) is 0.987. The number of aromatic nitrogens is 2. The molecule has 58 valence electrons. The monoisotopic (exact) mass is 156 g/mol. The second-order valence-electron chi connectivity index (χ2n) is 3.07. The molecule has 0 unspecified atom stereocenters. The van der Waals surface area contributed by atoms with Gasteiger partial charge in [0.1, 0.15) is 0 Å². The van der Waals surface area contributed by atoms with Gasteiger partial charge in [0, 0.05) is 5.22 Å². The molecule has 2 aliphatic rings. The van der Waals surface area contributed by atoms with Gasteiger partial charge in [-0.25, -0.2) is 0 Å². The van der Waals surface area contributed by atoms with Gasteiger partial charge < -0.3 is 0 Å². The number of fused-ring (bicyclic) bond motifs is 2. The number of hydrogen-bond acceptors (Lipinski definition) is 1. The van der Waals surface area contributed by atoms with Crippen LogP contribution >= 0.6 is 0 Å². The maximum atomic E-state index is 4.01. The molecule has 0 radical (unpaired) electrons. The molecule has 0 atom stereocenters. The molecule has 3 rings (SSSR count). The number of rotatable bonds is 0. The first-order valence-corrected chi connectivity index (χ1v) is 4.06. The van der Waals surface area contributed by atoms with Crippen LogP contribution in [0.5, 0.6) is 0 Å². The van der Waals surface area contributed by atoms with Crippen molar-refractivity contribution in [3.63, 3.8) is 0 Å². The van der Waals surface area contributed by atoms with Crippen LogP contribution in [0.15, 0.2) is 30.0 Å². The normalized spacial score (nSPS) is 18.3. The van der Waals surface area contributed by atoms with Gasteiger partial charge in [-0.15, -0.1) is 0 Å². The van der Waals surface area contributed by atoms with Gasteiger partial charge in [0.05, 0.1) is 11.5 Å². The van der Waals surface area contributed by atoms with Crippen molar-refractivity contribution in [2.24, 2.45) is 0 Å². The molecule has 1 aromatic heterocycles. The highest BCUT2D eigenvalue weighted by molar-refractivity contribution is 5.83. The summed E-state index contributed by atoms with van der Waals surface area (Å²) in [5.74, 6) is 0. The Morgan fingerprint density at radius 2 is 2.42 bits per heavy atom. The summed E-state index contributed by atoms with van der Waals surface area (Å²) in [6, 6.07) is 0. The van der Waals surface area contributed by atoms with Gasteiger partial charge >= 0.3 is 0 Å². The highest BCUT2D eigenvalue weighted by Gasteiger charge is 2.11. The summed E-state index contributed by atoms with van der Waals surface area (Å²) in [7, 11) is 0. The lowest BCUT2D eigenvalue weighted by Gasteiger charge is -2.04. The highest BCUT2D eigenvalue weighted by Crippen LogP contribution is 2.21. The van der Waals surface area contributed by atoms with Crippen LogP contribution in [0, 0.1) is 0 Å².